The first-order valence-electron chi connectivity index (χ1n) is 15.7. The van der Waals surface area contributed by atoms with Crippen LogP contribution in [0.1, 0.15) is 113 Å². The van der Waals surface area contributed by atoms with Crippen molar-refractivity contribution in [3.05, 3.63) is 65.0 Å². The molecule has 1 heterocycles. The number of benzene rings is 1. The molecule has 1 aromatic heterocycles. The van der Waals surface area contributed by atoms with Gasteiger partial charge in [-0.15, -0.1) is 0 Å². The molecule has 250 valence electrons. The summed E-state index contributed by atoms with van der Waals surface area (Å²) < 4.78 is 59.9. The van der Waals surface area contributed by atoms with Gasteiger partial charge in [-0.05, 0) is 85.1 Å². The molecule has 0 bridgehead atoms. The highest BCUT2D eigenvalue weighted by atomic mass is 31.2. The van der Waals surface area contributed by atoms with E-state index >= 15 is 0 Å². The first kappa shape index (κ1) is 38.8. The molecule has 0 unspecified atom stereocenters. The monoisotopic (exact) mass is 653 g/mol. The predicted octanol–water partition coefficient (Wildman–Crippen LogP) is 9.83. The van der Waals surface area contributed by atoms with E-state index in [1.54, 1.807) is 55.4 Å². The van der Waals surface area contributed by atoms with E-state index in [9.17, 15) is 9.13 Å². The van der Waals surface area contributed by atoms with Gasteiger partial charge < -0.3 is 22.8 Å². The second-order valence-corrected chi connectivity index (χ2v) is 18.9. The molecule has 8 nitrogen and oxygen atoms in total. The topological polar surface area (TPSA) is 93.2 Å². The second kappa shape index (κ2) is 16.0. The molecule has 0 spiro atoms. The van der Waals surface area contributed by atoms with E-state index in [0.717, 1.165) is 22.5 Å². The number of aromatic nitrogens is 1. The van der Waals surface area contributed by atoms with Crippen molar-refractivity contribution in [2.45, 2.75) is 144 Å². The minimum atomic E-state index is -4.06. The Morgan fingerprint density at radius 2 is 1.09 bits per heavy atom. The van der Waals surface area contributed by atoms with Crippen LogP contribution in [0.4, 0.5) is 0 Å². The Morgan fingerprint density at radius 1 is 0.659 bits per heavy atom. The normalized spacial score (nSPS) is 13.7. The van der Waals surface area contributed by atoms with Crippen LogP contribution < -0.4 is 0 Å². The van der Waals surface area contributed by atoms with E-state index in [-0.39, 0.29) is 11.8 Å². The average molecular weight is 654 g/mol. The lowest BCUT2D eigenvalue weighted by Gasteiger charge is -2.36. The molecular weight excluding hydrogens is 596 g/mol. The summed E-state index contributed by atoms with van der Waals surface area (Å²) >= 11 is 0. The number of hydrogen-bond acceptors (Lipinski definition) is 8. The molecule has 0 radical (unpaired) electrons. The lowest BCUT2D eigenvalue weighted by molar-refractivity contribution is 0.0810. The molecule has 2 aromatic rings. The van der Waals surface area contributed by atoms with Gasteiger partial charge in [0.15, 0.2) is 5.40 Å². The van der Waals surface area contributed by atoms with Crippen molar-refractivity contribution >= 4 is 15.2 Å². The number of ether oxygens (including phenoxy) is 1. The van der Waals surface area contributed by atoms with Crippen molar-refractivity contribution in [1.29, 1.82) is 0 Å². The maximum Gasteiger partial charge on any atom is 0.346 e. The molecule has 44 heavy (non-hydrogen) atoms. The highest BCUT2D eigenvalue weighted by molar-refractivity contribution is 7.72. The van der Waals surface area contributed by atoms with Gasteiger partial charge in [0.25, 0.3) is 0 Å². The predicted molar refractivity (Wildman–Crippen MR) is 180 cm³/mol. The van der Waals surface area contributed by atoms with Gasteiger partial charge in [0.05, 0.1) is 37.6 Å². The Bertz CT molecular complexity index is 1200. The van der Waals surface area contributed by atoms with Gasteiger partial charge in [-0.2, -0.15) is 0 Å². The van der Waals surface area contributed by atoms with Crippen LogP contribution in [0, 0.1) is 0 Å². The zero-order valence-corrected chi connectivity index (χ0v) is 31.0. The SMILES string of the molecule is CC(C)OP(=O)(OC(C)C)C(Cc1cc(C(C)(C)C)nc(C(C)(C)COCc2ccccc2)c1)P(=O)(OC(C)C)OC(C)C. The molecule has 0 saturated carbocycles. The van der Waals surface area contributed by atoms with Crippen LogP contribution >= 0.6 is 15.2 Å². The van der Waals surface area contributed by atoms with Crippen LogP contribution in [0.2, 0.25) is 0 Å². The van der Waals surface area contributed by atoms with Gasteiger partial charge in [0, 0.05) is 22.2 Å². The smallest absolute Gasteiger partial charge is 0.346 e. The molecule has 1 aromatic carbocycles. The standard InChI is InChI=1S/C34H57NO7P2/c1-24(2)39-43(36,40-25(3)4)32(44(37,41-26(5)6)42-27(7)8)21-29-19-30(33(9,10)11)35-31(20-29)34(12,13)23-38-22-28-17-15-14-16-18-28/h14-20,24-27,32H,21-23H2,1-13H3. The molecule has 0 N–H and O–H groups in total. The van der Waals surface area contributed by atoms with E-state index in [2.05, 4.69) is 34.6 Å². The van der Waals surface area contributed by atoms with Gasteiger partial charge in [-0.25, -0.2) is 0 Å². The lowest BCUT2D eigenvalue weighted by atomic mass is 9.85. The Balaban J connectivity index is 2.68. The van der Waals surface area contributed by atoms with Crippen LogP contribution in [0.15, 0.2) is 42.5 Å². The van der Waals surface area contributed by atoms with Gasteiger partial charge >= 0.3 is 15.2 Å². The number of rotatable bonds is 17. The summed E-state index contributed by atoms with van der Waals surface area (Å²) in [6.07, 6.45) is -1.73. The van der Waals surface area contributed by atoms with E-state index in [4.69, 9.17) is 27.8 Å². The molecule has 0 amide bonds. The van der Waals surface area contributed by atoms with E-state index in [0.29, 0.717) is 13.2 Å². The fourth-order valence-electron chi connectivity index (χ4n) is 4.62. The Morgan fingerprint density at radius 3 is 1.50 bits per heavy atom. The minimum absolute atomic E-state index is 0.0764. The molecule has 2 rings (SSSR count). The van der Waals surface area contributed by atoms with Crippen molar-refractivity contribution in [2.75, 3.05) is 6.61 Å². The fraction of sp³-hybridized carbons (Fsp3) is 0.676. The van der Waals surface area contributed by atoms with Gasteiger partial charge in [-0.1, -0.05) is 65.0 Å². The molecule has 0 fully saturated rings. The van der Waals surface area contributed by atoms with Crippen LogP contribution in [0.5, 0.6) is 0 Å². The first-order valence-corrected chi connectivity index (χ1v) is 19.0. The summed E-state index contributed by atoms with van der Waals surface area (Å²) in [5.41, 5.74) is 2.82. The summed E-state index contributed by atoms with van der Waals surface area (Å²) in [5.74, 6) is 0. The van der Waals surface area contributed by atoms with Crippen molar-refractivity contribution in [1.82, 2.24) is 4.98 Å². The molecule has 10 heteroatoms. The highest BCUT2D eigenvalue weighted by Crippen LogP contribution is 2.72. The quantitative estimate of drug-likeness (QED) is 0.156. The maximum atomic E-state index is 14.8. The molecule has 0 saturated heterocycles. The van der Waals surface area contributed by atoms with Crippen LogP contribution in [0.3, 0.4) is 0 Å². The zero-order chi connectivity index (χ0) is 33.5. The summed E-state index contributed by atoms with van der Waals surface area (Å²) in [6.45, 7) is 25.7. The maximum absolute atomic E-state index is 14.8. The van der Waals surface area contributed by atoms with Crippen molar-refractivity contribution in [3.63, 3.8) is 0 Å². The van der Waals surface area contributed by atoms with E-state index in [1.165, 1.54) is 0 Å². The van der Waals surface area contributed by atoms with Gasteiger partial charge in [0.1, 0.15) is 0 Å². The number of nitrogens with zero attached hydrogens (tertiary/aromatic N) is 1. The summed E-state index contributed by atoms with van der Waals surface area (Å²) in [7, 11) is -8.13. The second-order valence-electron chi connectivity index (χ2n) is 14.2. The third-order valence-electron chi connectivity index (χ3n) is 6.50. The number of hydrogen-bond donors (Lipinski definition) is 0. The zero-order valence-electron chi connectivity index (χ0n) is 29.2. The third kappa shape index (κ3) is 11.8. The summed E-state index contributed by atoms with van der Waals surface area (Å²) in [4.78, 5) is 5.08. The van der Waals surface area contributed by atoms with Gasteiger partial charge in [0.2, 0.25) is 0 Å². The van der Waals surface area contributed by atoms with E-state index < -0.39 is 50.4 Å². The Labute approximate surface area is 267 Å². The Kier molecular flexibility index (Phi) is 14.1. The first-order chi connectivity index (χ1) is 20.2. The van der Waals surface area contributed by atoms with E-state index in [1.807, 2.05) is 42.5 Å². The molecular formula is C34H57NO7P2. The fourth-order valence-corrected chi connectivity index (χ4v) is 10.5. The Hall–Kier alpha value is -1.37. The average Bonchev–Trinajstić information content (AvgIpc) is 2.85. The summed E-state index contributed by atoms with van der Waals surface area (Å²) in [6, 6.07) is 14.0. The molecule has 0 aliphatic rings. The van der Waals surface area contributed by atoms with Crippen LogP contribution in [0.25, 0.3) is 0 Å². The highest BCUT2D eigenvalue weighted by Gasteiger charge is 2.53. The van der Waals surface area contributed by atoms with Crippen molar-refractivity contribution in [2.24, 2.45) is 0 Å². The molecule has 0 aliphatic carbocycles. The van der Waals surface area contributed by atoms with Crippen molar-refractivity contribution < 1.29 is 32.0 Å². The largest absolute Gasteiger partial charge is 0.376 e. The lowest BCUT2D eigenvalue weighted by Crippen LogP contribution is -2.29. The van der Waals surface area contributed by atoms with Crippen LogP contribution in [-0.2, 0) is 55.8 Å². The summed E-state index contributed by atoms with van der Waals surface area (Å²) in [5, 5.41) is -1.20. The van der Waals surface area contributed by atoms with Crippen LogP contribution in [-0.4, -0.2) is 41.4 Å². The minimum Gasteiger partial charge on any atom is -0.376 e. The number of pyridine rings is 1. The molecule has 0 aliphatic heterocycles. The third-order valence-corrected chi connectivity index (χ3v) is 12.9. The van der Waals surface area contributed by atoms with Gasteiger partial charge in [-0.3, -0.25) is 14.1 Å². The molecule has 0 atom stereocenters. The van der Waals surface area contributed by atoms with Crippen molar-refractivity contribution in [3.8, 4) is 0 Å².